The van der Waals surface area contributed by atoms with Gasteiger partial charge in [-0.1, -0.05) is 0 Å². The van der Waals surface area contributed by atoms with E-state index in [9.17, 15) is 9.90 Å². The quantitative estimate of drug-likeness (QED) is 0.515. The second-order valence-corrected chi connectivity index (χ2v) is 9.80. The summed E-state index contributed by atoms with van der Waals surface area (Å²) in [6.07, 6.45) is 2.60. The summed E-state index contributed by atoms with van der Waals surface area (Å²) in [6.45, 7) is 7.95. The largest absolute Gasteiger partial charge is 0.504 e. The first kappa shape index (κ1) is 23.2. The van der Waals surface area contributed by atoms with Crippen LogP contribution < -0.4 is 19.6 Å². The molecule has 4 rings (SSSR count). The van der Waals surface area contributed by atoms with E-state index in [1.54, 1.807) is 20.3 Å². The molecular weight excluding hydrogens is 424 g/mol. The minimum absolute atomic E-state index is 0.0833. The second kappa shape index (κ2) is 8.13. The van der Waals surface area contributed by atoms with Crippen molar-refractivity contribution in [3.63, 3.8) is 0 Å². The average Bonchev–Trinajstić information content (AvgIpc) is 2.75. The van der Waals surface area contributed by atoms with Gasteiger partial charge in [-0.15, -0.1) is 0 Å². The van der Waals surface area contributed by atoms with Crippen LogP contribution in [0, 0.1) is 0 Å². The molecule has 0 fully saturated rings. The molecule has 178 valence electrons. The van der Waals surface area contributed by atoms with Crippen molar-refractivity contribution in [2.75, 3.05) is 21.3 Å². The topological polar surface area (TPSA) is 87.4 Å². The summed E-state index contributed by atoms with van der Waals surface area (Å²) in [4.78, 5) is 14.0. The highest BCUT2D eigenvalue weighted by Crippen LogP contribution is 2.45. The van der Waals surface area contributed by atoms with Gasteiger partial charge in [-0.2, -0.15) is 0 Å². The summed E-state index contributed by atoms with van der Waals surface area (Å²) in [6, 6.07) is 3.16. The lowest BCUT2D eigenvalue weighted by atomic mass is 9.91. The van der Waals surface area contributed by atoms with Crippen molar-refractivity contribution in [3.05, 3.63) is 33.5 Å². The maximum absolute atomic E-state index is 14.0. The molecule has 7 nitrogen and oxygen atoms in total. The molecule has 2 aromatic carbocycles. The zero-order chi connectivity index (χ0) is 24.1. The van der Waals surface area contributed by atoms with Gasteiger partial charge in [0.25, 0.3) is 0 Å². The van der Waals surface area contributed by atoms with Crippen LogP contribution in [0.5, 0.6) is 23.0 Å². The van der Waals surface area contributed by atoms with Crippen molar-refractivity contribution < 1.29 is 28.5 Å². The van der Waals surface area contributed by atoms with Gasteiger partial charge in [0.1, 0.15) is 33.7 Å². The normalized spacial score (nSPS) is 15.4. The van der Waals surface area contributed by atoms with Crippen molar-refractivity contribution >= 4 is 21.9 Å². The third-order valence-electron chi connectivity index (χ3n) is 6.61. The number of fused-ring (bicyclic) bond motifs is 4. The number of benzene rings is 2. The van der Waals surface area contributed by atoms with Gasteiger partial charge in [-0.3, -0.25) is 4.79 Å². The monoisotopic (exact) mass is 456 g/mol. The standard InChI is InChI=1S/C26H32O7/c1-25(2,31-7)10-9-15-20-18(12-16(27)23(15)30-6)32-19-13-17(29-5)14-8-11-26(3,4)33-24(14)21(19)22(20)28/h12-13,27H,8-11H2,1-7H3. The van der Waals surface area contributed by atoms with Crippen LogP contribution in [0.3, 0.4) is 0 Å². The third-order valence-corrected chi connectivity index (χ3v) is 6.61. The van der Waals surface area contributed by atoms with Crippen molar-refractivity contribution in [1.82, 2.24) is 0 Å². The Morgan fingerprint density at radius 3 is 2.42 bits per heavy atom. The van der Waals surface area contributed by atoms with E-state index < -0.39 is 11.2 Å². The fourth-order valence-corrected chi connectivity index (χ4v) is 4.48. The molecule has 0 amide bonds. The number of aryl methyl sites for hydroxylation is 1. The molecule has 0 spiro atoms. The Labute approximate surface area is 193 Å². The summed E-state index contributed by atoms with van der Waals surface area (Å²) >= 11 is 0. The molecule has 0 atom stereocenters. The number of phenolic OH excluding ortho intramolecular Hbond substituents is 1. The van der Waals surface area contributed by atoms with E-state index in [4.69, 9.17) is 23.4 Å². The number of hydrogen-bond donors (Lipinski definition) is 1. The Bertz CT molecular complexity index is 1280. The highest BCUT2D eigenvalue weighted by Gasteiger charge is 2.33. The lowest BCUT2D eigenvalue weighted by Gasteiger charge is -2.33. The van der Waals surface area contributed by atoms with Crippen molar-refractivity contribution in [3.8, 4) is 23.0 Å². The number of methoxy groups -OCH3 is 3. The smallest absolute Gasteiger partial charge is 0.204 e. The van der Waals surface area contributed by atoms with Crippen LogP contribution in [0.4, 0.5) is 0 Å². The van der Waals surface area contributed by atoms with Crippen LogP contribution in [0.25, 0.3) is 21.9 Å². The van der Waals surface area contributed by atoms with Gasteiger partial charge in [-0.25, -0.2) is 0 Å². The Kier molecular flexibility index (Phi) is 5.73. The summed E-state index contributed by atoms with van der Waals surface area (Å²) < 4.78 is 29.1. The molecule has 0 saturated carbocycles. The lowest BCUT2D eigenvalue weighted by Crippen LogP contribution is -2.33. The number of phenols is 1. The van der Waals surface area contributed by atoms with E-state index in [0.29, 0.717) is 46.3 Å². The summed E-state index contributed by atoms with van der Waals surface area (Å²) in [7, 11) is 4.72. The van der Waals surface area contributed by atoms with E-state index in [1.165, 1.54) is 13.2 Å². The van der Waals surface area contributed by atoms with Gasteiger partial charge >= 0.3 is 0 Å². The fraction of sp³-hybridized carbons (Fsp3) is 0.500. The van der Waals surface area contributed by atoms with Gasteiger partial charge in [0.05, 0.1) is 25.2 Å². The molecule has 0 unspecified atom stereocenters. The van der Waals surface area contributed by atoms with Gasteiger partial charge in [0, 0.05) is 30.4 Å². The minimum Gasteiger partial charge on any atom is -0.504 e. The Morgan fingerprint density at radius 2 is 1.79 bits per heavy atom. The van der Waals surface area contributed by atoms with Crippen LogP contribution in [0.2, 0.25) is 0 Å². The molecule has 33 heavy (non-hydrogen) atoms. The Morgan fingerprint density at radius 1 is 1.09 bits per heavy atom. The molecule has 2 heterocycles. The Balaban J connectivity index is 2.08. The summed E-state index contributed by atoms with van der Waals surface area (Å²) in [5, 5.41) is 11.4. The first-order chi connectivity index (χ1) is 15.5. The molecule has 1 aliphatic rings. The van der Waals surface area contributed by atoms with Gasteiger partial charge in [0.2, 0.25) is 5.43 Å². The van der Waals surface area contributed by atoms with Crippen molar-refractivity contribution in [2.24, 2.45) is 0 Å². The predicted molar refractivity (Wildman–Crippen MR) is 127 cm³/mol. The Hall–Kier alpha value is -2.93. The highest BCUT2D eigenvalue weighted by atomic mass is 16.5. The molecule has 1 aromatic heterocycles. The molecule has 7 heteroatoms. The minimum atomic E-state index is -0.425. The van der Waals surface area contributed by atoms with Crippen LogP contribution in [-0.2, 0) is 17.6 Å². The first-order valence-corrected chi connectivity index (χ1v) is 11.2. The molecular formula is C26H32O7. The van der Waals surface area contributed by atoms with Gasteiger partial charge in [0.15, 0.2) is 11.5 Å². The van der Waals surface area contributed by atoms with Crippen LogP contribution in [0.1, 0.15) is 51.7 Å². The summed E-state index contributed by atoms with van der Waals surface area (Å²) in [5.74, 6) is 1.31. The number of ether oxygens (including phenoxy) is 4. The van der Waals surface area contributed by atoms with E-state index in [0.717, 1.165) is 18.4 Å². The maximum Gasteiger partial charge on any atom is 0.204 e. The predicted octanol–water partition coefficient (Wildman–Crippen LogP) is 5.13. The van der Waals surface area contributed by atoms with Crippen molar-refractivity contribution in [2.45, 2.75) is 64.6 Å². The second-order valence-electron chi connectivity index (χ2n) is 9.80. The molecule has 1 aliphatic heterocycles. The third kappa shape index (κ3) is 3.99. The van der Waals surface area contributed by atoms with Crippen LogP contribution in [-0.4, -0.2) is 37.6 Å². The van der Waals surface area contributed by atoms with E-state index >= 15 is 0 Å². The molecule has 0 aliphatic carbocycles. The molecule has 0 radical (unpaired) electrons. The molecule has 1 N–H and O–H groups in total. The van der Waals surface area contributed by atoms with Crippen LogP contribution >= 0.6 is 0 Å². The van der Waals surface area contributed by atoms with Crippen molar-refractivity contribution in [1.29, 1.82) is 0 Å². The SMILES string of the molecule is COc1cc2oc3cc(O)c(OC)c(CCC(C)(C)OC)c3c(=O)c2c2c1CCC(C)(C)O2. The number of hydrogen-bond acceptors (Lipinski definition) is 7. The molecule has 0 bridgehead atoms. The summed E-state index contributed by atoms with van der Waals surface area (Å²) in [5.41, 5.74) is 1.04. The number of aromatic hydroxyl groups is 1. The zero-order valence-electron chi connectivity index (χ0n) is 20.4. The van der Waals surface area contributed by atoms with Gasteiger partial charge < -0.3 is 28.5 Å². The lowest BCUT2D eigenvalue weighted by molar-refractivity contribution is 0.0157. The first-order valence-electron chi connectivity index (χ1n) is 11.2. The average molecular weight is 457 g/mol. The molecule has 0 saturated heterocycles. The molecule has 3 aromatic rings. The number of rotatable bonds is 6. The van der Waals surface area contributed by atoms with E-state index in [1.807, 2.05) is 27.7 Å². The highest BCUT2D eigenvalue weighted by molar-refractivity contribution is 5.98. The van der Waals surface area contributed by atoms with E-state index in [-0.39, 0.29) is 22.5 Å². The fourth-order valence-electron chi connectivity index (χ4n) is 4.48. The maximum atomic E-state index is 14.0. The van der Waals surface area contributed by atoms with Crippen LogP contribution in [0.15, 0.2) is 21.3 Å². The zero-order valence-corrected chi connectivity index (χ0v) is 20.4. The van der Waals surface area contributed by atoms with Gasteiger partial charge in [-0.05, 0) is 53.4 Å². The van der Waals surface area contributed by atoms with E-state index in [2.05, 4.69) is 0 Å².